The molecule has 0 spiro atoms. The molecular formula is C10H11BrO3. The van der Waals surface area contributed by atoms with Gasteiger partial charge in [0.05, 0.1) is 12.7 Å². The number of hydrogen-bond acceptors (Lipinski definition) is 3. The smallest absolute Gasteiger partial charge is 0.189 e. The van der Waals surface area contributed by atoms with Crippen molar-refractivity contribution in [3.63, 3.8) is 0 Å². The Morgan fingerprint density at radius 3 is 3.00 bits per heavy atom. The Labute approximate surface area is 90.8 Å². The van der Waals surface area contributed by atoms with E-state index < -0.39 is 6.10 Å². The first-order valence-corrected chi connectivity index (χ1v) is 5.18. The second-order valence-electron chi connectivity index (χ2n) is 3.27. The van der Waals surface area contributed by atoms with Gasteiger partial charge in [0.15, 0.2) is 6.79 Å². The molecule has 0 saturated carbocycles. The minimum Gasteiger partial charge on any atom is -0.467 e. The summed E-state index contributed by atoms with van der Waals surface area (Å²) in [6.07, 6.45) is -0.528. The Morgan fingerprint density at radius 1 is 1.50 bits per heavy atom. The Bertz CT molecular complexity index is 349. The van der Waals surface area contributed by atoms with Crippen LogP contribution < -0.4 is 4.74 Å². The zero-order valence-electron chi connectivity index (χ0n) is 7.79. The summed E-state index contributed by atoms with van der Waals surface area (Å²) in [4.78, 5) is 0. The predicted molar refractivity (Wildman–Crippen MR) is 55.1 cm³/mol. The SMILES string of the molecule is CC(O)c1cc(Br)cc2c1OCOC2. The molecule has 1 heterocycles. The third kappa shape index (κ3) is 1.78. The quantitative estimate of drug-likeness (QED) is 0.841. The molecule has 0 aliphatic carbocycles. The number of aliphatic hydroxyl groups excluding tert-OH is 1. The van der Waals surface area contributed by atoms with Gasteiger partial charge in [-0.3, -0.25) is 0 Å². The Morgan fingerprint density at radius 2 is 2.29 bits per heavy atom. The van der Waals surface area contributed by atoms with Gasteiger partial charge in [0.2, 0.25) is 0 Å². The first-order valence-electron chi connectivity index (χ1n) is 4.39. The minimum absolute atomic E-state index is 0.258. The van der Waals surface area contributed by atoms with Gasteiger partial charge in [-0.1, -0.05) is 15.9 Å². The second kappa shape index (κ2) is 3.88. The standard InChI is InChI=1S/C10H11BrO3/c1-6(12)9-3-8(11)2-7-4-13-5-14-10(7)9/h2-3,6,12H,4-5H2,1H3. The van der Waals surface area contributed by atoms with Gasteiger partial charge in [0, 0.05) is 15.6 Å². The van der Waals surface area contributed by atoms with Crippen molar-refractivity contribution < 1.29 is 14.6 Å². The van der Waals surface area contributed by atoms with Crippen molar-refractivity contribution in [1.82, 2.24) is 0 Å². The Balaban J connectivity index is 2.52. The number of hydrogen-bond donors (Lipinski definition) is 1. The molecule has 1 aromatic rings. The number of aliphatic hydroxyl groups is 1. The van der Waals surface area contributed by atoms with Crippen LogP contribution >= 0.6 is 15.9 Å². The lowest BCUT2D eigenvalue weighted by Crippen LogP contribution is -2.14. The molecule has 4 heteroatoms. The summed E-state index contributed by atoms with van der Waals surface area (Å²) in [6, 6.07) is 3.81. The first-order chi connectivity index (χ1) is 6.68. The summed E-state index contributed by atoms with van der Waals surface area (Å²) in [7, 11) is 0. The summed E-state index contributed by atoms with van der Waals surface area (Å²) >= 11 is 3.39. The molecule has 0 amide bonds. The molecule has 1 N–H and O–H groups in total. The first kappa shape index (κ1) is 9.96. The second-order valence-corrected chi connectivity index (χ2v) is 4.19. The molecule has 0 saturated heterocycles. The molecule has 76 valence electrons. The van der Waals surface area contributed by atoms with Crippen molar-refractivity contribution in [2.45, 2.75) is 19.6 Å². The molecule has 0 aromatic heterocycles. The molecule has 1 unspecified atom stereocenters. The summed E-state index contributed by atoms with van der Waals surface area (Å²) < 4.78 is 11.5. The highest BCUT2D eigenvalue weighted by Gasteiger charge is 2.18. The van der Waals surface area contributed by atoms with Gasteiger partial charge in [0.25, 0.3) is 0 Å². The van der Waals surface area contributed by atoms with Gasteiger partial charge in [-0.2, -0.15) is 0 Å². The van der Waals surface area contributed by atoms with Crippen LogP contribution in [0.25, 0.3) is 0 Å². The highest BCUT2D eigenvalue weighted by Crippen LogP contribution is 2.35. The van der Waals surface area contributed by atoms with Crippen molar-refractivity contribution in [2.75, 3.05) is 6.79 Å². The van der Waals surface area contributed by atoms with Crippen LogP contribution in [0.1, 0.15) is 24.2 Å². The fraction of sp³-hybridized carbons (Fsp3) is 0.400. The number of halogens is 1. The van der Waals surface area contributed by atoms with Crippen molar-refractivity contribution in [2.24, 2.45) is 0 Å². The highest BCUT2D eigenvalue weighted by atomic mass is 79.9. The van der Waals surface area contributed by atoms with Crippen molar-refractivity contribution in [3.05, 3.63) is 27.7 Å². The molecule has 0 fully saturated rings. The zero-order valence-corrected chi connectivity index (χ0v) is 9.37. The number of benzene rings is 1. The fourth-order valence-electron chi connectivity index (χ4n) is 1.52. The summed E-state index contributed by atoms with van der Waals surface area (Å²) in [6.45, 7) is 2.52. The van der Waals surface area contributed by atoms with E-state index >= 15 is 0 Å². The molecule has 1 aliphatic heterocycles. The van der Waals surface area contributed by atoms with E-state index in [0.29, 0.717) is 6.61 Å². The number of rotatable bonds is 1. The molecule has 1 aliphatic rings. The van der Waals surface area contributed by atoms with Gasteiger partial charge >= 0.3 is 0 Å². The number of fused-ring (bicyclic) bond motifs is 1. The van der Waals surface area contributed by atoms with Gasteiger partial charge in [-0.25, -0.2) is 0 Å². The van der Waals surface area contributed by atoms with Gasteiger partial charge < -0.3 is 14.6 Å². The van der Waals surface area contributed by atoms with Crippen molar-refractivity contribution in [1.29, 1.82) is 0 Å². The van der Waals surface area contributed by atoms with E-state index in [1.165, 1.54) is 0 Å². The monoisotopic (exact) mass is 258 g/mol. The maximum atomic E-state index is 9.56. The molecule has 3 nitrogen and oxygen atoms in total. The zero-order chi connectivity index (χ0) is 10.1. The van der Waals surface area contributed by atoms with Crippen LogP contribution in [0.4, 0.5) is 0 Å². The van der Waals surface area contributed by atoms with Crippen LogP contribution in [0, 0.1) is 0 Å². The van der Waals surface area contributed by atoms with Gasteiger partial charge in [-0.15, -0.1) is 0 Å². The van der Waals surface area contributed by atoms with E-state index in [1.807, 2.05) is 12.1 Å². The van der Waals surface area contributed by atoms with E-state index in [2.05, 4.69) is 15.9 Å². The van der Waals surface area contributed by atoms with E-state index in [9.17, 15) is 5.11 Å². The topological polar surface area (TPSA) is 38.7 Å². The molecule has 0 bridgehead atoms. The minimum atomic E-state index is -0.528. The van der Waals surface area contributed by atoms with Crippen LogP contribution in [0.5, 0.6) is 5.75 Å². The maximum absolute atomic E-state index is 9.56. The number of ether oxygens (including phenoxy) is 2. The third-order valence-corrected chi connectivity index (χ3v) is 2.61. The van der Waals surface area contributed by atoms with E-state index in [4.69, 9.17) is 9.47 Å². The molecule has 0 radical (unpaired) electrons. The molecule has 2 rings (SSSR count). The molecular weight excluding hydrogens is 248 g/mol. The Kier molecular flexibility index (Phi) is 2.76. The third-order valence-electron chi connectivity index (χ3n) is 2.15. The maximum Gasteiger partial charge on any atom is 0.189 e. The van der Waals surface area contributed by atoms with Crippen molar-refractivity contribution >= 4 is 15.9 Å². The van der Waals surface area contributed by atoms with Crippen molar-refractivity contribution in [3.8, 4) is 5.75 Å². The van der Waals surface area contributed by atoms with E-state index in [1.54, 1.807) is 6.92 Å². The summed E-state index contributed by atoms with van der Waals surface area (Å²) in [5.74, 6) is 0.759. The normalized spacial score (nSPS) is 17.1. The summed E-state index contributed by atoms with van der Waals surface area (Å²) in [5, 5.41) is 9.56. The average Bonchev–Trinajstić information content (AvgIpc) is 2.16. The van der Waals surface area contributed by atoms with Crippen LogP contribution in [-0.2, 0) is 11.3 Å². The molecule has 1 atom stereocenters. The van der Waals surface area contributed by atoms with Crippen LogP contribution in [0.15, 0.2) is 16.6 Å². The lowest BCUT2D eigenvalue weighted by Gasteiger charge is -2.22. The highest BCUT2D eigenvalue weighted by molar-refractivity contribution is 9.10. The Hall–Kier alpha value is -0.580. The lowest BCUT2D eigenvalue weighted by molar-refractivity contribution is -0.0184. The average molecular weight is 259 g/mol. The predicted octanol–water partition coefficient (Wildman–Crippen LogP) is 2.37. The lowest BCUT2D eigenvalue weighted by atomic mass is 10.0. The molecule has 14 heavy (non-hydrogen) atoms. The van der Waals surface area contributed by atoms with Gasteiger partial charge in [-0.05, 0) is 19.1 Å². The van der Waals surface area contributed by atoms with Gasteiger partial charge in [0.1, 0.15) is 5.75 Å². The summed E-state index contributed by atoms with van der Waals surface area (Å²) in [5.41, 5.74) is 1.78. The van der Waals surface area contributed by atoms with Crippen LogP contribution in [0.2, 0.25) is 0 Å². The molecule has 1 aromatic carbocycles. The van der Waals surface area contributed by atoms with E-state index in [-0.39, 0.29) is 6.79 Å². The fourth-order valence-corrected chi connectivity index (χ4v) is 2.04. The van der Waals surface area contributed by atoms with Crippen LogP contribution in [0.3, 0.4) is 0 Å². The largest absolute Gasteiger partial charge is 0.467 e. The van der Waals surface area contributed by atoms with Crippen LogP contribution in [-0.4, -0.2) is 11.9 Å². The van der Waals surface area contributed by atoms with E-state index in [0.717, 1.165) is 21.3 Å².